The number of phenolic OH excluding ortho intramolecular Hbond substituents is 2. The second kappa shape index (κ2) is 4.87. The van der Waals surface area contributed by atoms with Gasteiger partial charge in [-0.25, -0.2) is 0 Å². The minimum atomic E-state index is -0.102. The Labute approximate surface area is 104 Å². The molecule has 1 aliphatic rings. The fourth-order valence-corrected chi connectivity index (χ4v) is 1.79. The van der Waals surface area contributed by atoms with Gasteiger partial charge < -0.3 is 20.4 Å². The van der Waals surface area contributed by atoms with E-state index in [-0.39, 0.29) is 28.9 Å². The molecular formula is C14H14O4. The second-order valence-electron chi connectivity index (χ2n) is 4.20. The predicted octanol–water partition coefficient (Wildman–Crippen LogP) is 3.01. The lowest BCUT2D eigenvalue weighted by Crippen LogP contribution is -2.02. The summed E-state index contributed by atoms with van der Waals surface area (Å²) in [6.45, 7) is 0. The molecule has 4 nitrogen and oxygen atoms in total. The van der Waals surface area contributed by atoms with Crippen molar-refractivity contribution in [2.45, 2.75) is 6.42 Å². The van der Waals surface area contributed by atoms with Crippen LogP contribution in [0.25, 0.3) is 6.08 Å². The van der Waals surface area contributed by atoms with Crippen LogP contribution in [0, 0.1) is 5.92 Å². The van der Waals surface area contributed by atoms with Gasteiger partial charge in [-0.2, -0.15) is 0 Å². The van der Waals surface area contributed by atoms with Crippen molar-refractivity contribution in [1.29, 1.82) is 0 Å². The van der Waals surface area contributed by atoms with Crippen molar-refractivity contribution in [3.63, 3.8) is 0 Å². The average molecular weight is 246 g/mol. The Hall–Kier alpha value is -2.36. The SMILES string of the molecule is OC1=C(O)CC(C=Cc2cc(O)cc(O)c2)C=C1. The molecule has 4 N–H and O–H groups in total. The standard InChI is InChI=1S/C14H14O4/c15-11-5-10(6-12(16)8-11)2-1-9-3-4-13(17)14(18)7-9/h1-6,8-9,15-18H,7H2. The van der Waals surface area contributed by atoms with E-state index >= 15 is 0 Å². The molecule has 1 aromatic carbocycles. The molecule has 0 spiro atoms. The van der Waals surface area contributed by atoms with E-state index < -0.39 is 0 Å². The molecule has 0 saturated carbocycles. The van der Waals surface area contributed by atoms with Crippen molar-refractivity contribution in [3.05, 3.63) is 53.5 Å². The molecule has 2 rings (SSSR count). The average Bonchev–Trinajstić information content (AvgIpc) is 2.29. The molecule has 0 aromatic heterocycles. The molecule has 1 aliphatic carbocycles. The molecule has 0 radical (unpaired) electrons. The first kappa shape index (κ1) is 12.1. The van der Waals surface area contributed by atoms with Crippen LogP contribution in [0.5, 0.6) is 11.5 Å². The normalized spacial score (nSPS) is 19.7. The summed E-state index contributed by atoms with van der Waals surface area (Å²) in [7, 11) is 0. The highest BCUT2D eigenvalue weighted by Crippen LogP contribution is 2.24. The molecule has 1 aromatic rings. The molecule has 0 heterocycles. The zero-order valence-electron chi connectivity index (χ0n) is 9.61. The van der Waals surface area contributed by atoms with Crippen LogP contribution in [-0.2, 0) is 0 Å². The molecule has 1 unspecified atom stereocenters. The lowest BCUT2D eigenvalue weighted by atomic mass is 9.97. The van der Waals surface area contributed by atoms with Crippen LogP contribution in [0.15, 0.2) is 47.9 Å². The number of aliphatic hydroxyl groups excluding tert-OH is 2. The second-order valence-corrected chi connectivity index (χ2v) is 4.20. The van der Waals surface area contributed by atoms with Crippen LogP contribution in [-0.4, -0.2) is 20.4 Å². The first-order valence-electron chi connectivity index (χ1n) is 5.55. The van der Waals surface area contributed by atoms with Crippen LogP contribution in [0.4, 0.5) is 0 Å². The van der Waals surface area contributed by atoms with Crippen molar-refractivity contribution in [3.8, 4) is 11.5 Å². The summed E-state index contributed by atoms with van der Waals surface area (Å²) in [5.41, 5.74) is 0.666. The fraction of sp³-hybridized carbons (Fsp3) is 0.143. The molecular weight excluding hydrogens is 232 g/mol. The van der Waals surface area contributed by atoms with Gasteiger partial charge in [-0.1, -0.05) is 18.2 Å². The number of allylic oxidation sites excluding steroid dienone is 4. The molecule has 4 heteroatoms. The van der Waals surface area contributed by atoms with E-state index in [0.717, 1.165) is 0 Å². The van der Waals surface area contributed by atoms with Gasteiger partial charge in [0.05, 0.1) is 0 Å². The van der Waals surface area contributed by atoms with Crippen LogP contribution < -0.4 is 0 Å². The fourth-order valence-electron chi connectivity index (χ4n) is 1.79. The molecule has 1 atom stereocenters. The highest BCUT2D eigenvalue weighted by atomic mass is 16.3. The van der Waals surface area contributed by atoms with E-state index in [0.29, 0.717) is 12.0 Å². The van der Waals surface area contributed by atoms with Crippen LogP contribution in [0.1, 0.15) is 12.0 Å². The van der Waals surface area contributed by atoms with Crippen molar-refractivity contribution in [1.82, 2.24) is 0 Å². The third-order valence-electron chi connectivity index (χ3n) is 2.69. The Bertz CT molecular complexity index is 520. The summed E-state index contributed by atoms with van der Waals surface area (Å²) in [6, 6.07) is 4.30. The van der Waals surface area contributed by atoms with Crippen molar-refractivity contribution in [2.75, 3.05) is 0 Å². The Kier molecular flexibility index (Phi) is 3.28. The number of phenols is 2. The van der Waals surface area contributed by atoms with Gasteiger partial charge in [-0.05, 0) is 23.8 Å². The number of aromatic hydroxyl groups is 2. The van der Waals surface area contributed by atoms with Crippen LogP contribution >= 0.6 is 0 Å². The number of benzene rings is 1. The summed E-state index contributed by atoms with van der Waals surface area (Å²) in [5, 5.41) is 37.2. The third-order valence-corrected chi connectivity index (χ3v) is 2.69. The lowest BCUT2D eigenvalue weighted by Gasteiger charge is -2.12. The quantitative estimate of drug-likeness (QED) is 0.646. The molecule has 0 aliphatic heterocycles. The van der Waals surface area contributed by atoms with Gasteiger partial charge in [0, 0.05) is 18.4 Å². The first-order valence-corrected chi connectivity index (χ1v) is 5.55. The van der Waals surface area contributed by atoms with Gasteiger partial charge in [0.1, 0.15) is 17.3 Å². The van der Waals surface area contributed by atoms with Gasteiger partial charge in [0.2, 0.25) is 0 Å². The summed E-state index contributed by atoms with van der Waals surface area (Å²) in [4.78, 5) is 0. The summed E-state index contributed by atoms with van der Waals surface area (Å²) in [5.74, 6) is -0.172. The third kappa shape index (κ3) is 2.85. The van der Waals surface area contributed by atoms with E-state index in [1.165, 1.54) is 24.3 Å². The van der Waals surface area contributed by atoms with Crippen LogP contribution in [0.3, 0.4) is 0 Å². The Balaban J connectivity index is 2.11. The van der Waals surface area contributed by atoms with E-state index in [4.69, 9.17) is 0 Å². The van der Waals surface area contributed by atoms with Gasteiger partial charge in [0.15, 0.2) is 5.76 Å². The van der Waals surface area contributed by atoms with Gasteiger partial charge in [-0.15, -0.1) is 0 Å². The maximum absolute atomic E-state index is 9.40. The summed E-state index contributed by atoms with van der Waals surface area (Å²) < 4.78 is 0. The zero-order chi connectivity index (χ0) is 13.1. The zero-order valence-corrected chi connectivity index (χ0v) is 9.61. The van der Waals surface area contributed by atoms with Gasteiger partial charge >= 0.3 is 0 Å². The summed E-state index contributed by atoms with van der Waals surface area (Å²) >= 11 is 0. The minimum absolute atomic E-state index is 0.00535. The molecule has 18 heavy (non-hydrogen) atoms. The smallest absolute Gasteiger partial charge is 0.152 e. The topological polar surface area (TPSA) is 80.9 Å². The highest BCUT2D eigenvalue weighted by molar-refractivity contribution is 5.55. The lowest BCUT2D eigenvalue weighted by molar-refractivity contribution is 0.311. The molecule has 0 bridgehead atoms. The Morgan fingerprint density at radius 3 is 2.28 bits per heavy atom. The molecule has 0 saturated heterocycles. The summed E-state index contributed by atoms with van der Waals surface area (Å²) in [6.07, 6.45) is 7.13. The van der Waals surface area contributed by atoms with Crippen molar-refractivity contribution < 1.29 is 20.4 Å². The predicted molar refractivity (Wildman–Crippen MR) is 68.3 cm³/mol. The van der Waals surface area contributed by atoms with Gasteiger partial charge in [-0.3, -0.25) is 0 Å². The van der Waals surface area contributed by atoms with E-state index in [2.05, 4.69) is 0 Å². The number of hydrogen-bond donors (Lipinski definition) is 4. The maximum atomic E-state index is 9.40. The Morgan fingerprint density at radius 2 is 1.67 bits per heavy atom. The first-order chi connectivity index (χ1) is 8.54. The Morgan fingerprint density at radius 1 is 1.00 bits per heavy atom. The molecule has 94 valence electrons. The van der Waals surface area contributed by atoms with Crippen molar-refractivity contribution in [2.24, 2.45) is 5.92 Å². The number of hydrogen-bond acceptors (Lipinski definition) is 4. The number of aliphatic hydroxyl groups is 2. The van der Waals surface area contributed by atoms with Gasteiger partial charge in [0.25, 0.3) is 0 Å². The van der Waals surface area contributed by atoms with Crippen LogP contribution in [0.2, 0.25) is 0 Å². The molecule has 0 fully saturated rings. The minimum Gasteiger partial charge on any atom is -0.508 e. The largest absolute Gasteiger partial charge is 0.508 e. The van der Waals surface area contributed by atoms with E-state index in [9.17, 15) is 20.4 Å². The van der Waals surface area contributed by atoms with Crippen molar-refractivity contribution >= 4 is 6.08 Å². The maximum Gasteiger partial charge on any atom is 0.152 e. The van der Waals surface area contributed by atoms with E-state index in [1.807, 2.05) is 6.08 Å². The number of rotatable bonds is 2. The monoisotopic (exact) mass is 246 g/mol. The highest BCUT2D eigenvalue weighted by Gasteiger charge is 2.12. The van der Waals surface area contributed by atoms with E-state index in [1.54, 1.807) is 12.2 Å². The molecule has 0 amide bonds.